The van der Waals surface area contributed by atoms with E-state index in [0.29, 0.717) is 6.54 Å². The Morgan fingerprint density at radius 3 is 3.00 bits per heavy atom. The van der Waals surface area contributed by atoms with E-state index in [1.165, 1.54) is 4.68 Å². The molecule has 1 atom stereocenters. The molecule has 1 aromatic rings. The first-order valence-corrected chi connectivity index (χ1v) is 4.97. The summed E-state index contributed by atoms with van der Waals surface area (Å²) in [5.74, 6) is 0. The Morgan fingerprint density at radius 1 is 1.77 bits per heavy atom. The average Bonchev–Trinajstić information content (AvgIpc) is 2.09. The largest absolute Gasteiger partial charge is 0.380 e. The fourth-order valence-electron chi connectivity index (χ4n) is 0.867. The second kappa shape index (κ2) is 4.71. The van der Waals surface area contributed by atoms with Gasteiger partial charge in [-0.25, -0.2) is 4.68 Å². The predicted octanol–water partition coefficient (Wildman–Crippen LogP) is 0.883. The van der Waals surface area contributed by atoms with E-state index in [9.17, 15) is 4.79 Å². The number of hydrogen-bond acceptors (Lipinski definition) is 3. The molecule has 1 heterocycles. The number of aromatic nitrogens is 2. The molecule has 0 aromatic carbocycles. The highest BCUT2D eigenvalue weighted by Crippen LogP contribution is 1.97. The van der Waals surface area contributed by atoms with Crippen molar-refractivity contribution in [3.63, 3.8) is 0 Å². The van der Waals surface area contributed by atoms with Crippen LogP contribution in [-0.4, -0.2) is 23.0 Å². The van der Waals surface area contributed by atoms with Gasteiger partial charge in [-0.1, -0.05) is 0 Å². The number of halogens is 1. The molecule has 0 aliphatic carbocycles. The van der Waals surface area contributed by atoms with Crippen molar-refractivity contribution in [2.45, 2.75) is 19.6 Å². The lowest BCUT2D eigenvalue weighted by Crippen LogP contribution is -2.27. The van der Waals surface area contributed by atoms with Gasteiger partial charge in [-0.3, -0.25) is 4.79 Å². The molecule has 0 radical (unpaired) electrons. The quantitative estimate of drug-likeness (QED) is 0.777. The second-order valence-corrected chi connectivity index (χ2v) is 3.99. The first-order chi connectivity index (χ1) is 6.13. The number of nitrogens with zero attached hydrogens (tertiary/aromatic N) is 2. The highest BCUT2D eigenvalue weighted by molar-refractivity contribution is 14.1. The van der Waals surface area contributed by atoms with Crippen LogP contribution in [0.4, 0.5) is 0 Å². The molecule has 0 spiro atoms. The molecule has 1 aromatic heterocycles. The zero-order valence-electron chi connectivity index (χ0n) is 7.53. The van der Waals surface area contributed by atoms with Gasteiger partial charge < -0.3 is 4.74 Å². The minimum absolute atomic E-state index is 0.00487. The molecule has 4 nitrogen and oxygen atoms in total. The fourth-order valence-corrected chi connectivity index (χ4v) is 1.26. The maximum Gasteiger partial charge on any atom is 0.267 e. The van der Waals surface area contributed by atoms with E-state index >= 15 is 0 Å². The SMILES string of the molecule is COC(C)Cn1ncc(I)cc1=O. The van der Waals surface area contributed by atoms with Crippen LogP contribution >= 0.6 is 22.6 Å². The molecule has 0 aliphatic heterocycles. The molecule has 72 valence electrons. The van der Waals surface area contributed by atoms with Gasteiger partial charge in [-0.15, -0.1) is 0 Å². The van der Waals surface area contributed by atoms with Crippen molar-refractivity contribution in [2.24, 2.45) is 0 Å². The summed E-state index contributed by atoms with van der Waals surface area (Å²) in [4.78, 5) is 11.3. The Balaban J connectivity index is 2.84. The van der Waals surface area contributed by atoms with E-state index in [1.807, 2.05) is 6.92 Å². The lowest BCUT2D eigenvalue weighted by Gasteiger charge is -2.09. The zero-order valence-corrected chi connectivity index (χ0v) is 9.69. The Hall–Kier alpha value is -0.430. The summed E-state index contributed by atoms with van der Waals surface area (Å²) in [7, 11) is 1.61. The van der Waals surface area contributed by atoms with Crippen LogP contribution in [0, 0.1) is 3.57 Å². The van der Waals surface area contributed by atoms with E-state index in [4.69, 9.17) is 4.74 Å². The molecule has 5 heteroatoms. The standard InChI is InChI=1S/C8H11IN2O2/c1-6(13-2)5-11-8(12)3-7(9)4-10-11/h3-4,6H,5H2,1-2H3. The Morgan fingerprint density at radius 2 is 2.46 bits per heavy atom. The summed E-state index contributed by atoms with van der Waals surface area (Å²) in [6, 6.07) is 1.55. The molecule has 0 aliphatic rings. The number of hydrogen-bond donors (Lipinski definition) is 0. The van der Waals surface area contributed by atoms with E-state index in [1.54, 1.807) is 19.4 Å². The van der Waals surface area contributed by atoms with Crippen LogP contribution in [-0.2, 0) is 11.3 Å². The lowest BCUT2D eigenvalue weighted by atomic mass is 10.4. The summed E-state index contributed by atoms with van der Waals surface area (Å²) >= 11 is 2.06. The Labute approximate surface area is 90.0 Å². The minimum Gasteiger partial charge on any atom is -0.380 e. The molecule has 1 rings (SSSR count). The molecule has 0 bridgehead atoms. The third-order valence-electron chi connectivity index (χ3n) is 1.67. The Kier molecular flexibility index (Phi) is 3.86. The van der Waals surface area contributed by atoms with Gasteiger partial charge in [0.15, 0.2) is 0 Å². The molecule has 0 N–H and O–H groups in total. The minimum atomic E-state index is -0.0872. The monoisotopic (exact) mass is 294 g/mol. The van der Waals surface area contributed by atoms with Gasteiger partial charge in [-0.05, 0) is 29.5 Å². The van der Waals surface area contributed by atoms with Gasteiger partial charge in [0.1, 0.15) is 0 Å². The van der Waals surface area contributed by atoms with Crippen molar-refractivity contribution < 1.29 is 4.74 Å². The van der Waals surface area contributed by atoms with Crippen LogP contribution in [0.1, 0.15) is 6.92 Å². The molecule has 0 saturated carbocycles. The second-order valence-electron chi connectivity index (χ2n) is 2.74. The van der Waals surface area contributed by atoms with Crippen LogP contribution in [0.15, 0.2) is 17.1 Å². The van der Waals surface area contributed by atoms with Crippen molar-refractivity contribution in [3.05, 3.63) is 26.2 Å². The smallest absolute Gasteiger partial charge is 0.267 e. The predicted molar refractivity (Wildman–Crippen MR) is 57.7 cm³/mol. The summed E-state index contributed by atoms with van der Waals surface area (Å²) in [5, 5.41) is 3.98. The third kappa shape index (κ3) is 3.07. The zero-order chi connectivity index (χ0) is 9.84. The highest BCUT2D eigenvalue weighted by Gasteiger charge is 2.03. The van der Waals surface area contributed by atoms with Gasteiger partial charge in [0.05, 0.1) is 18.8 Å². The van der Waals surface area contributed by atoms with Crippen LogP contribution < -0.4 is 5.56 Å². The fraction of sp³-hybridized carbons (Fsp3) is 0.500. The molecule has 13 heavy (non-hydrogen) atoms. The van der Waals surface area contributed by atoms with Crippen molar-refractivity contribution in [2.75, 3.05) is 7.11 Å². The summed E-state index contributed by atoms with van der Waals surface area (Å²) in [5.41, 5.74) is -0.0872. The number of rotatable bonds is 3. The van der Waals surface area contributed by atoms with Crippen LogP contribution in [0.25, 0.3) is 0 Å². The van der Waals surface area contributed by atoms with Gasteiger partial charge in [0, 0.05) is 16.7 Å². The van der Waals surface area contributed by atoms with Crippen LogP contribution in [0.5, 0.6) is 0 Å². The van der Waals surface area contributed by atoms with E-state index in [-0.39, 0.29) is 11.7 Å². The topological polar surface area (TPSA) is 44.1 Å². The van der Waals surface area contributed by atoms with Crippen molar-refractivity contribution in [3.8, 4) is 0 Å². The summed E-state index contributed by atoms with van der Waals surface area (Å²) in [6.45, 7) is 2.39. The van der Waals surface area contributed by atoms with Crippen molar-refractivity contribution >= 4 is 22.6 Å². The normalized spacial score (nSPS) is 12.8. The van der Waals surface area contributed by atoms with Gasteiger partial charge in [0.2, 0.25) is 0 Å². The molecule has 0 amide bonds. The summed E-state index contributed by atoms with van der Waals surface area (Å²) in [6.07, 6.45) is 1.66. The van der Waals surface area contributed by atoms with Gasteiger partial charge in [-0.2, -0.15) is 5.10 Å². The molecule has 1 unspecified atom stereocenters. The van der Waals surface area contributed by atoms with Crippen LogP contribution in [0.2, 0.25) is 0 Å². The summed E-state index contributed by atoms with van der Waals surface area (Å²) < 4.78 is 7.29. The number of methoxy groups -OCH3 is 1. The third-order valence-corrected chi connectivity index (χ3v) is 2.26. The molecular formula is C8H11IN2O2. The maximum absolute atomic E-state index is 11.3. The average molecular weight is 294 g/mol. The van der Waals surface area contributed by atoms with Gasteiger partial charge in [0.25, 0.3) is 5.56 Å². The van der Waals surface area contributed by atoms with Gasteiger partial charge >= 0.3 is 0 Å². The van der Waals surface area contributed by atoms with E-state index in [0.717, 1.165) is 3.57 Å². The lowest BCUT2D eigenvalue weighted by molar-refractivity contribution is 0.0983. The van der Waals surface area contributed by atoms with E-state index in [2.05, 4.69) is 27.7 Å². The first kappa shape index (κ1) is 10.6. The highest BCUT2D eigenvalue weighted by atomic mass is 127. The van der Waals surface area contributed by atoms with Crippen molar-refractivity contribution in [1.82, 2.24) is 9.78 Å². The Bertz CT molecular complexity index is 337. The molecule has 0 fully saturated rings. The van der Waals surface area contributed by atoms with Crippen LogP contribution in [0.3, 0.4) is 0 Å². The van der Waals surface area contributed by atoms with Crippen molar-refractivity contribution in [1.29, 1.82) is 0 Å². The first-order valence-electron chi connectivity index (χ1n) is 3.89. The maximum atomic E-state index is 11.3. The number of ether oxygens (including phenoxy) is 1. The molecular weight excluding hydrogens is 283 g/mol. The molecule has 0 saturated heterocycles. The van der Waals surface area contributed by atoms with E-state index < -0.39 is 0 Å².